The molecule has 1 amide bonds. The van der Waals surface area contributed by atoms with Gasteiger partial charge in [0, 0.05) is 24.5 Å². The number of hydrogen-bond donors (Lipinski definition) is 1. The van der Waals surface area contributed by atoms with Crippen LogP contribution >= 0.6 is 11.6 Å². The second kappa shape index (κ2) is 7.31. The number of ether oxygens (including phenoxy) is 1. The lowest BCUT2D eigenvalue weighted by molar-refractivity contribution is -0.119. The Morgan fingerprint density at radius 1 is 1.17 bits per heavy atom. The zero-order valence-corrected chi connectivity index (χ0v) is 20.7. The molecule has 2 fully saturated rings. The normalized spacial score (nSPS) is 24.4. The molecule has 8 heteroatoms. The van der Waals surface area contributed by atoms with Crippen LogP contribution in [0.1, 0.15) is 60.9 Å². The second-order valence-corrected chi connectivity index (χ2v) is 11.1. The van der Waals surface area contributed by atoms with Crippen LogP contribution < -0.4 is 15.5 Å². The smallest absolute Gasteiger partial charge is 0.237 e. The van der Waals surface area contributed by atoms with Crippen molar-refractivity contribution < 1.29 is 9.53 Å². The van der Waals surface area contributed by atoms with Gasteiger partial charge < -0.3 is 20.3 Å². The standard InChI is InChI=1S/C27H28ClN5O2/c1-14-3-4-22(15-7-19-24(20(28)8-15)32(2)26(34)27(19)5-6-27)33(11-14)23-9-16-17-12-35-13-18(17)25(29)31-21(16)10-30-23/h7-10,14,22H,3-6,11-13H2,1-2H3,(H2,29,31)/t14-,22?/m0/s1. The molecule has 1 saturated heterocycles. The van der Waals surface area contributed by atoms with Crippen LogP contribution in [0.4, 0.5) is 17.3 Å². The van der Waals surface area contributed by atoms with E-state index < -0.39 is 0 Å². The van der Waals surface area contributed by atoms with Crippen LogP contribution in [0.25, 0.3) is 10.9 Å². The summed E-state index contributed by atoms with van der Waals surface area (Å²) in [6.07, 6.45) is 5.79. The Hall–Kier alpha value is -2.90. The summed E-state index contributed by atoms with van der Waals surface area (Å²) < 4.78 is 5.70. The zero-order chi connectivity index (χ0) is 24.1. The first-order valence-corrected chi connectivity index (χ1v) is 12.8. The lowest BCUT2D eigenvalue weighted by Gasteiger charge is -2.40. The Kier molecular flexibility index (Phi) is 4.46. The van der Waals surface area contributed by atoms with Gasteiger partial charge in [0.1, 0.15) is 11.6 Å². The van der Waals surface area contributed by atoms with Crippen LogP contribution in [0, 0.1) is 5.92 Å². The molecule has 1 saturated carbocycles. The van der Waals surface area contributed by atoms with Crippen molar-refractivity contribution in [3.63, 3.8) is 0 Å². The molecule has 7 rings (SSSR count). The van der Waals surface area contributed by atoms with Crippen LogP contribution in [0.15, 0.2) is 24.4 Å². The van der Waals surface area contributed by atoms with Crippen LogP contribution in [-0.4, -0.2) is 29.5 Å². The van der Waals surface area contributed by atoms with Crippen molar-refractivity contribution in [1.82, 2.24) is 9.97 Å². The van der Waals surface area contributed by atoms with Gasteiger partial charge in [0.15, 0.2) is 0 Å². The van der Waals surface area contributed by atoms with Gasteiger partial charge in [-0.15, -0.1) is 0 Å². The Bertz CT molecular complexity index is 1420. The fourth-order valence-corrected chi connectivity index (χ4v) is 6.79. The third kappa shape index (κ3) is 2.97. The van der Waals surface area contributed by atoms with Crippen LogP contribution in [-0.2, 0) is 28.2 Å². The summed E-state index contributed by atoms with van der Waals surface area (Å²) in [7, 11) is 1.84. The fourth-order valence-electron chi connectivity index (χ4n) is 6.44. The van der Waals surface area contributed by atoms with E-state index in [9.17, 15) is 4.79 Å². The zero-order valence-electron chi connectivity index (χ0n) is 20.0. The van der Waals surface area contributed by atoms with E-state index in [1.807, 2.05) is 13.2 Å². The van der Waals surface area contributed by atoms with E-state index in [2.05, 4.69) is 35.0 Å². The minimum Gasteiger partial charge on any atom is -0.383 e. The van der Waals surface area contributed by atoms with Crippen LogP contribution in [0.2, 0.25) is 5.02 Å². The molecule has 3 aromatic rings. The number of benzene rings is 1. The Balaban J connectivity index is 1.34. The van der Waals surface area contributed by atoms with Crippen molar-refractivity contribution in [3.8, 4) is 0 Å². The molecular weight excluding hydrogens is 462 g/mol. The average molecular weight is 490 g/mol. The van der Waals surface area contributed by atoms with E-state index in [4.69, 9.17) is 27.1 Å². The highest BCUT2D eigenvalue weighted by atomic mass is 35.5. The third-order valence-electron chi connectivity index (χ3n) is 8.50. The summed E-state index contributed by atoms with van der Waals surface area (Å²) in [5.41, 5.74) is 11.9. The predicted octanol–water partition coefficient (Wildman–Crippen LogP) is 4.88. The number of halogens is 1. The molecule has 3 aliphatic heterocycles. The van der Waals surface area contributed by atoms with Gasteiger partial charge in [-0.3, -0.25) is 4.79 Å². The van der Waals surface area contributed by atoms with Gasteiger partial charge in [-0.05, 0) is 60.4 Å². The Morgan fingerprint density at radius 2 is 1.97 bits per heavy atom. The summed E-state index contributed by atoms with van der Waals surface area (Å²) in [6.45, 7) is 4.25. The highest BCUT2D eigenvalue weighted by molar-refractivity contribution is 6.35. The van der Waals surface area contributed by atoms with Crippen LogP contribution in [0.3, 0.4) is 0 Å². The Labute approximate surface area is 209 Å². The summed E-state index contributed by atoms with van der Waals surface area (Å²) in [4.78, 5) is 26.6. The number of nitrogen functional groups attached to an aromatic ring is 1. The van der Waals surface area contributed by atoms with Gasteiger partial charge in [0.25, 0.3) is 0 Å². The number of likely N-dealkylation sites (N-methyl/N-ethyl adjacent to an activating group) is 1. The topological polar surface area (TPSA) is 84.6 Å². The number of carbonyl (C=O) groups is 1. The van der Waals surface area contributed by atoms with Crippen molar-refractivity contribution in [1.29, 1.82) is 0 Å². The highest BCUT2D eigenvalue weighted by Gasteiger charge is 2.59. The first-order chi connectivity index (χ1) is 16.9. The van der Waals surface area contributed by atoms with Crippen molar-refractivity contribution in [2.24, 2.45) is 5.92 Å². The van der Waals surface area contributed by atoms with Gasteiger partial charge in [-0.2, -0.15) is 0 Å². The monoisotopic (exact) mass is 489 g/mol. The minimum atomic E-state index is -0.357. The highest BCUT2D eigenvalue weighted by Crippen LogP contribution is 2.59. The number of hydrogen-bond acceptors (Lipinski definition) is 6. The number of amides is 1. The molecule has 1 unspecified atom stereocenters. The summed E-state index contributed by atoms with van der Waals surface area (Å²) in [5.74, 6) is 2.19. The van der Waals surface area contributed by atoms with Gasteiger partial charge in [0.05, 0.1) is 47.1 Å². The molecule has 4 aliphatic rings. The molecule has 1 aliphatic carbocycles. The van der Waals surface area contributed by atoms with Gasteiger partial charge in [-0.25, -0.2) is 9.97 Å². The average Bonchev–Trinajstić information content (AvgIpc) is 3.44. The second-order valence-electron chi connectivity index (χ2n) is 10.7. The molecule has 2 N–H and O–H groups in total. The molecule has 1 spiro atoms. The number of nitrogens with zero attached hydrogens (tertiary/aromatic N) is 4. The quantitative estimate of drug-likeness (QED) is 0.552. The SMILES string of the molecule is C[C@H]1CCC(c2cc(Cl)c3c(c2)C2(CC2)C(=O)N3C)N(c2cc3c4c(c(N)nc3cn2)COC4)C1. The third-order valence-corrected chi connectivity index (χ3v) is 8.79. The number of nitrogens with two attached hydrogens (primary N) is 1. The molecule has 2 aromatic heterocycles. The first-order valence-electron chi connectivity index (χ1n) is 12.4. The van der Waals surface area contributed by atoms with Crippen molar-refractivity contribution in [2.45, 2.75) is 57.3 Å². The summed E-state index contributed by atoms with van der Waals surface area (Å²) in [5, 5.41) is 1.72. The van der Waals surface area contributed by atoms with E-state index >= 15 is 0 Å². The van der Waals surface area contributed by atoms with E-state index in [-0.39, 0.29) is 17.4 Å². The van der Waals surface area contributed by atoms with Crippen molar-refractivity contribution in [3.05, 3.63) is 51.7 Å². The fraction of sp³-hybridized carbons (Fsp3) is 0.444. The summed E-state index contributed by atoms with van der Waals surface area (Å²) in [6, 6.07) is 6.60. The first kappa shape index (κ1) is 21.4. The molecule has 35 heavy (non-hydrogen) atoms. The van der Waals surface area contributed by atoms with Gasteiger partial charge in [-0.1, -0.05) is 24.6 Å². The van der Waals surface area contributed by atoms with Gasteiger partial charge in [0.2, 0.25) is 5.91 Å². The Morgan fingerprint density at radius 3 is 2.77 bits per heavy atom. The number of fused-ring (bicyclic) bond motifs is 5. The number of aromatic nitrogens is 2. The molecule has 0 bridgehead atoms. The van der Waals surface area contributed by atoms with E-state index in [1.54, 1.807) is 4.90 Å². The lowest BCUT2D eigenvalue weighted by atomic mass is 9.87. The van der Waals surface area contributed by atoms with E-state index in [0.29, 0.717) is 30.0 Å². The van der Waals surface area contributed by atoms with Gasteiger partial charge >= 0.3 is 0 Å². The maximum atomic E-state index is 13.0. The number of carbonyl (C=O) groups excluding carboxylic acids is 1. The number of anilines is 3. The molecule has 0 radical (unpaired) electrons. The predicted molar refractivity (Wildman–Crippen MR) is 137 cm³/mol. The number of pyridine rings is 2. The summed E-state index contributed by atoms with van der Waals surface area (Å²) >= 11 is 6.83. The minimum absolute atomic E-state index is 0.141. The van der Waals surface area contributed by atoms with Crippen molar-refractivity contribution >= 4 is 45.7 Å². The number of piperidine rings is 1. The molecule has 5 heterocycles. The maximum absolute atomic E-state index is 13.0. The van der Waals surface area contributed by atoms with E-state index in [1.165, 1.54) is 5.56 Å². The van der Waals surface area contributed by atoms with Crippen molar-refractivity contribution in [2.75, 3.05) is 29.1 Å². The van der Waals surface area contributed by atoms with Crippen LogP contribution in [0.5, 0.6) is 0 Å². The van der Waals surface area contributed by atoms with E-state index in [0.717, 1.165) is 71.3 Å². The maximum Gasteiger partial charge on any atom is 0.237 e. The molecular formula is C27H28ClN5O2. The lowest BCUT2D eigenvalue weighted by Crippen LogP contribution is -2.38. The molecule has 2 atom stereocenters. The number of rotatable bonds is 2. The largest absolute Gasteiger partial charge is 0.383 e. The molecule has 180 valence electrons. The molecule has 1 aromatic carbocycles. The molecule has 7 nitrogen and oxygen atoms in total.